The molecule has 2 heterocycles. The quantitative estimate of drug-likeness (QED) is 0.145. The molecule has 0 amide bonds. The van der Waals surface area contributed by atoms with E-state index in [1.165, 1.54) is 33.3 Å². The van der Waals surface area contributed by atoms with E-state index in [0.29, 0.717) is 12.8 Å². The molecule has 0 bridgehead atoms. The molecule has 0 spiro atoms. The van der Waals surface area contributed by atoms with Gasteiger partial charge in [0, 0.05) is 0 Å². The Labute approximate surface area is 265 Å². The standard InChI is InChI=1S/C31H42O15/c1-14(5-6-16-7-9-18(32)10-8-16)43-30-27(38)25(36)23(34)21(45-30)13-42-29(39)17-11-19(40-3)28(20(12-17)41-4)46-31-26(37)24(35)22(33)15(2)44-31/h7-12,14-15,21-27,30-38H,5-6,13H2,1-4H3/t14-,15-,21+,22-,23+,24+,25-,26+,27+,30+,31-/m0/s1. The maximum atomic E-state index is 13.1. The van der Waals surface area contributed by atoms with Crippen LogP contribution in [-0.2, 0) is 25.4 Å². The highest BCUT2D eigenvalue weighted by Crippen LogP contribution is 2.41. The summed E-state index contributed by atoms with van der Waals surface area (Å²) in [4.78, 5) is 13.1. The van der Waals surface area contributed by atoms with Crippen LogP contribution < -0.4 is 14.2 Å². The number of benzene rings is 2. The fraction of sp³-hybridized carbons (Fsp3) is 0.581. The molecule has 0 radical (unpaired) electrons. The van der Waals surface area contributed by atoms with Crippen LogP contribution in [0.25, 0.3) is 0 Å². The van der Waals surface area contributed by atoms with Crippen molar-refractivity contribution in [2.75, 3.05) is 20.8 Å². The summed E-state index contributed by atoms with van der Waals surface area (Å²) in [6.07, 6.45) is -13.5. The predicted molar refractivity (Wildman–Crippen MR) is 156 cm³/mol. The minimum atomic E-state index is -1.65. The molecule has 46 heavy (non-hydrogen) atoms. The Kier molecular flexibility index (Phi) is 12.0. The normalized spacial score (nSPS) is 32.0. The molecule has 0 aliphatic carbocycles. The number of ether oxygens (including phenoxy) is 7. The van der Waals surface area contributed by atoms with Gasteiger partial charge < -0.3 is 68.9 Å². The van der Waals surface area contributed by atoms with E-state index in [-0.39, 0.29) is 28.6 Å². The van der Waals surface area contributed by atoms with Crippen molar-refractivity contribution >= 4 is 5.97 Å². The van der Waals surface area contributed by atoms with E-state index in [1.54, 1.807) is 31.2 Å². The lowest BCUT2D eigenvalue weighted by molar-refractivity contribution is -0.310. The van der Waals surface area contributed by atoms with Crippen molar-refractivity contribution in [2.45, 2.75) is 94.2 Å². The van der Waals surface area contributed by atoms with Crippen LogP contribution in [0.5, 0.6) is 23.0 Å². The zero-order valence-electron chi connectivity index (χ0n) is 25.8. The summed E-state index contributed by atoms with van der Waals surface area (Å²) in [5.74, 6) is -0.834. The van der Waals surface area contributed by atoms with Gasteiger partial charge >= 0.3 is 5.97 Å². The first kappa shape index (κ1) is 35.6. The second-order valence-electron chi connectivity index (χ2n) is 11.3. The highest BCUT2D eigenvalue weighted by molar-refractivity contribution is 5.91. The Balaban J connectivity index is 1.39. The highest BCUT2D eigenvalue weighted by Gasteiger charge is 2.46. The number of rotatable bonds is 12. The number of carbonyl (C=O) groups is 1. The van der Waals surface area contributed by atoms with Crippen molar-refractivity contribution in [3.63, 3.8) is 0 Å². The minimum Gasteiger partial charge on any atom is -0.508 e. The number of carbonyl (C=O) groups excluding carboxylic acids is 1. The maximum Gasteiger partial charge on any atom is 0.338 e. The zero-order valence-corrected chi connectivity index (χ0v) is 25.8. The third kappa shape index (κ3) is 8.17. The van der Waals surface area contributed by atoms with Crippen molar-refractivity contribution in [2.24, 2.45) is 0 Å². The Bertz CT molecular complexity index is 1260. The van der Waals surface area contributed by atoms with Crippen LogP contribution in [0, 0.1) is 0 Å². The second kappa shape index (κ2) is 15.6. The third-order valence-electron chi connectivity index (χ3n) is 7.93. The molecule has 15 heteroatoms. The maximum absolute atomic E-state index is 13.1. The summed E-state index contributed by atoms with van der Waals surface area (Å²) in [5.41, 5.74) is 0.899. The van der Waals surface area contributed by atoms with Gasteiger partial charge in [0.1, 0.15) is 55.1 Å². The number of phenols is 1. The first-order chi connectivity index (χ1) is 21.8. The van der Waals surface area contributed by atoms with E-state index in [1.807, 2.05) is 0 Å². The lowest BCUT2D eigenvalue weighted by Crippen LogP contribution is -2.59. The molecular formula is C31H42O15. The summed E-state index contributed by atoms with van der Waals surface area (Å²) in [7, 11) is 2.59. The average Bonchev–Trinajstić information content (AvgIpc) is 3.05. The lowest BCUT2D eigenvalue weighted by atomic mass is 9.99. The molecule has 2 aliphatic heterocycles. The van der Waals surface area contributed by atoms with E-state index in [2.05, 4.69) is 0 Å². The first-order valence-electron chi connectivity index (χ1n) is 14.8. The summed E-state index contributed by atoms with van der Waals surface area (Å²) in [6, 6.07) is 9.23. The van der Waals surface area contributed by atoms with E-state index >= 15 is 0 Å². The van der Waals surface area contributed by atoms with Crippen molar-refractivity contribution in [1.82, 2.24) is 0 Å². The van der Waals surface area contributed by atoms with Crippen LogP contribution in [0.1, 0.15) is 36.2 Å². The number of aryl methyl sites for hydroxylation is 1. The van der Waals surface area contributed by atoms with E-state index < -0.39 is 80.1 Å². The van der Waals surface area contributed by atoms with E-state index in [4.69, 9.17) is 33.2 Å². The van der Waals surface area contributed by atoms with Crippen LogP contribution in [-0.4, -0.2) is 130 Å². The number of aliphatic hydroxyl groups is 6. The first-order valence-corrected chi connectivity index (χ1v) is 14.8. The summed E-state index contributed by atoms with van der Waals surface area (Å²) < 4.78 is 38.8. The summed E-state index contributed by atoms with van der Waals surface area (Å²) in [5, 5.41) is 71.3. The highest BCUT2D eigenvalue weighted by atomic mass is 16.7. The van der Waals surface area contributed by atoms with Crippen molar-refractivity contribution in [1.29, 1.82) is 0 Å². The predicted octanol–water partition coefficient (Wildman–Crippen LogP) is -0.382. The number of phenolic OH excluding ortho intramolecular Hbond substituents is 1. The molecule has 0 unspecified atom stereocenters. The molecule has 2 aromatic rings. The molecule has 2 aromatic carbocycles. The molecule has 7 N–H and O–H groups in total. The van der Waals surface area contributed by atoms with Crippen molar-refractivity contribution < 1.29 is 73.7 Å². The molecule has 2 fully saturated rings. The molecule has 2 saturated heterocycles. The van der Waals surface area contributed by atoms with Gasteiger partial charge in [0.25, 0.3) is 0 Å². The lowest BCUT2D eigenvalue weighted by Gasteiger charge is -2.40. The number of aliphatic hydroxyl groups excluding tert-OH is 6. The van der Waals surface area contributed by atoms with Crippen LogP contribution in [0.15, 0.2) is 36.4 Å². The van der Waals surface area contributed by atoms with Gasteiger partial charge in [-0.1, -0.05) is 12.1 Å². The van der Waals surface area contributed by atoms with Gasteiger partial charge in [-0.25, -0.2) is 4.79 Å². The van der Waals surface area contributed by atoms with Gasteiger partial charge in [-0.2, -0.15) is 0 Å². The van der Waals surface area contributed by atoms with Gasteiger partial charge in [0.2, 0.25) is 12.0 Å². The van der Waals surface area contributed by atoms with E-state index in [9.17, 15) is 40.5 Å². The molecule has 2 aliphatic rings. The van der Waals surface area contributed by atoms with Gasteiger partial charge in [-0.3, -0.25) is 0 Å². The zero-order chi connectivity index (χ0) is 33.7. The number of methoxy groups -OCH3 is 2. The summed E-state index contributed by atoms with van der Waals surface area (Å²) in [6.45, 7) is 2.73. The smallest absolute Gasteiger partial charge is 0.338 e. The van der Waals surface area contributed by atoms with Crippen molar-refractivity contribution in [3.05, 3.63) is 47.5 Å². The van der Waals surface area contributed by atoms with Crippen LogP contribution in [0.4, 0.5) is 0 Å². The average molecular weight is 655 g/mol. The number of hydrogen-bond donors (Lipinski definition) is 7. The van der Waals surface area contributed by atoms with Crippen molar-refractivity contribution in [3.8, 4) is 23.0 Å². The topological polar surface area (TPSA) is 223 Å². The molecule has 4 rings (SSSR count). The monoisotopic (exact) mass is 654 g/mol. The van der Waals surface area contributed by atoms with Gasteiger partial charge in [0.05, 0.1) is 32.0 Å². The van der Waals surface area contributed by atoms with Gasteiger partial charge in [-0.05, 0) is 56.5 Å². The summed E-state index contributed by atoms with van der Waals surface area (Å²) >= 11 is 0. The number of hydrogen-bond acceptors (Lipinski definition) is 15. The van der Waals surface area contributed by atoms with E-state index in [0.717, 1.165) is 5.56 Å². The molecule has 15 nitrogen and oxygen atoms in total. The largest absolute Gasteiger partial charge is 0.508 e. The molecular weight excluding hydrogens is 612 g/mol. The molecule has 0 saturated carbocycles. The number of esters is 1. The SMILES string of the molecule is COc1cc(C(=O)OC[C@H]2O[C@@H](O[C@@H](C)CCc3ccc(O)cc3)[C@H](O)[C@@H](O)[C@@H]2O)cc(OC)c1O[C@@H]1O[C@@H](C)[C@H](O)[C@@H](O)[C@H]1O. The molecule has 11 atom stereocenters. The molecule has 0 aromatic heterocycles. The van der Waals surface area contributed by atoms with Crippen LogP contribution in [0.3, 0.4) is 0 Å². The Morgan fingerprint density at radius 3 is 2.02 bits per heavy atom. The Morgan fingerprint density at radius 2 is 1.41 bits per heavy atom. The Morgan fingerprint density at radius 1 is 0.826 bits per heavy atom. The van der Waals surface area contributed by atoms with Gasteiger partial charge in [-0.15, -0.1) is 0 Å². The third-order valence-corrected chi connectivity index (χ3v) is 7.93. The molecule has 256 valence electrons. The van der Waals surface area contributed by atoms with Crippen LogP contribution in [0.2, 0.25) is 0 Å². The minimum absolute atomic E-state index is 0.0161. The second-order valence-corrected chi connectivity index (χ2v) is 11.3. The number of aromatic hydroxyl groups is 1. The Hall–Kier alpha value is -3.25. The van der Waals surface area contributed by atoms with Crippen LogP contribution >= 0.6 is 0 Å². The fourth-order valence-corrected chi connectivity index (χ4v) is 5.08. The van der Waals surface area contributed by atoms with Gasteiger partial charge in [0.15, 0.2) is 17.8 Å². The fourth-order valence-electron chi connectivity index (χ4n) is 5.08.